The van der Waals surface area contributed by atoms with Gasteiger partial charge >= 0.3 is 6.03 Å². The number of nitrogens with two attached hydrogens (primary N) is 2. The molecule has 1 heterocycles. The molecule has 2 aromatic rings. The highest BCUT2D eigenvalue weighted by atomic mass is 32.2. The fraction of sp³-hybridized carbons (Fsp3) is 0. The Morgan fingerprint density at radius 3 is 2.11 bits per heavy atom. The molecule has 0 aliphatic heterocycles. The lowest BCUT2D eigenvalue weighted by atomic mass is 10.4. The lowest BCUT2D eigenvalue weighted by Gasteiger charge is -2.00. The molecule has 0 atom stereocenters. The first kappa shape index (κ1) is 14.5. The maximum absolute atomic E-state index is 11.9. The van der Waals surface area contributed by atoms with E-state index in [2.05, 4.69) is 26.9 Å². The number of benzene rings is 1. The SMILES string of the molecule is NC(N)=O.O=S(=O)(c1ccccc1)c1ccnnn1. The molecule has 100 valence electrons. The Bertz CT molecular complexity index is 581. The number of primary amides is 2. The Morgan fingerprint density at radius 1 is 1.05 bits per heavy atom. The molecule has 0 fully saturated rings. The second kappa shape index (κ2) is 6.40. The molecule has 4 N–H and O–H groups in total. The molecule has 0 aliphatic carbocycles. The topological polar surface area (TPSA) is 142 Å². The summed E-state index contributed by atoms with van der Waals surface area (Å²) in [5.74, 6) is 0. The van der Waals surface area contributed by atoms with Gasteiger partial charge in [0.2, 0.25) is 9.84 Å². The zero-order chi connectivity index (χ0) is 14.3. The molecule has 1 aromatic carbocycles. The van der Waals surface area contributed by atoms with E-state index in [4.69, 9.17) is 4.79 Å². The van der Waals surface area contributed by atoms with Crippen molar-refractivity contribution in [3.63, 3.8) is 0 Å². The third-order valence-corrected chi connectivity index (χ3v) is 3.47. The summed E-state index contributed by atoms with van der Waals surface area (Å²) < 4.78 is 23.8. The van der Waals surface area contributed by atoms with Gasteiger partial charge in [-0.3, -0.25) is 0 Å². The number of sulfone groups is 1. The number of amides is 2. The Kier molecular flexibility index (Phi) is 4.89. The van der Waals surface area contributed by atoms with Gasteiger partial charge in [-0.15, -0.1) is 10.2 Å². The van der Waals surface area contributed by atoms with E-state index in [9.17, 15) is 8.42 Å². The van der Waals surface area contributed by atoms with Gasteiger partial charge in [0.25, 0.3) is 0 Å². The average molecular weight is 281 g/mol. The van der Waals surface area contributed by atoms with Crippen molar-refractivity contribution in [3.05, 3.63) is 42.6 Å². The van der Waals surface area contributed by atoms with E-state index in [1.807, 2.05) is 0 Å². The van der Waals surface area contributed by atoms with Gasteiger partial charge in [-0.2, -0.15) is 0 Å². The van der Waals surface area contributed by atoms with Crippen LogP contribution in [0.25, 0.3) is 0 Å². The van der Waals surface area contributed by atoms with E-state index >= 15 is 0 Å². The van der Waals surface area contributed by atoms with E-state index in [0.717, 1.165) is 0 Å². The summed E-state index contributed by atoms with van der Waals surface area (Å²) >= 11 is 0. The molecule has 8 nitrogen and oxygen atoms in total. The van der Waals surface area contributed by atoms with Crippen molar-refractivity contribution in [1.29, 1.82) is 0 Å². The molecular weight excluding hydrogens is 270 g/mol. The number of aromatic nitrogens is 3. The molecule has 2 amide bonds. The molecule has 0 unspecified atom stereocenters. The fourth-order valence-electron chi connectivity index (χ4n) is 1.09. The van der Waals surface area contributed by atoms with Crippen LogP contribution in [0.4, 0.5) is 4.79 Å². The van der Waals surface area contributed by atoms with E-state index in [0.29, 0.717) is 0 Å². The van der Waals surface area contributed by atoms with Crippen LogP contribution in [0.2, 0.25) is 0 Å². The molecule has 0 saturated heterocycles. The molecular formula is C10H11N5O3S. The quantitative estimate of drug-likeness (QED) is 0.775. The van der Waals surface area contributed by atoms with Crippen LogP contribution in [0.5, 0.6) is 0 Å². The highest BCUT2D eigenvalue weighted by molar-refractivity contribution is 7.91. The molecule has 2 rings (SSSR count). The zero-order valence-electron chi connectivity index (χ0n) is 9.67. The lowest BCUT2D eigenvalue weighted by Crippen LogP contribution is -2.18. The van der Waals surface area contributed by atoms with Gasteiger partial charge in [0.1, 0.15) is 0 Å². The number of carbonyl (C=O) groups is 1. The fourth-order valence-corrected chi connectivity index (χ4v) is 2.23. The van der Waals surface area contributed by atoms with Crippen LogP contribution in [0.15, 0.2) is 52.5 Å². The summed E-state index contributed by atoms with van der Waals surface area (Å²) in [5, 5.41) is 10.1. The minimum absolute atomic E-state index is 0.0938. The summed E-state index contributed by atoms with van der Waals surface area (Å²) in [4.78, 5) is 9.20. The molecule has 0 radical (unpaired) electrons. The zero-order valence-corrected chi connectivity index (χ0v) is 10.5. The van der Waals surface area contributed by atoms with Crippen molar-refractivity contribution in [3.8, 4) is 0 Å². The van der Waals surface area contributed by atoms with Gasteiger partial charge in [0.15, 0.2) is 5.03 Å². The van der Waals surface area contributed by atoms with Crippen molar-refractivity contribution < 1.29 is 13.2 Å². The van der Waals surface area contributed by atoms with E-state index in [-0.39, 0.29) is 9.92 Å². The molecule has 9 heteroatoms. The molecule has 0 saturated carbocycles. The van der Waals surface area contributed by atoms with E-state index < -0.39 is 15.9 Å². The average Bonchev–Trinajstić information content (AvgIpc) is 2.40. The van der Waals surface area contributed by atoms with Crippen LogP contribution in [0, 0.1) is 0 Å². The number of hydrogen-bond acceptors (Lipinski definition) is 6. The van der Waals surface area contributed by atoms with Crippen molar-refractivity contribution >= 4 is 15.9 Å². The van der Waals surface area contributed by atoms with Crippen molar-refractivity contribution in [1.82, 2.24) is 15.4 Å². The van der Waals surface area contributed by atoms with Gasteiger partial charge in [-0.1, -0.05) is 18.2 Å². The summed E-state index contributed by atoms with van der Waals surface area (Å²) in [6.45, 7) is 0. The Labute approximate surface area is 109 Å². The Balaban J connectivity index is 0.000000399. The van der Waals surface area contributed by atoms with Crippen LogP contribution in [0.1, 0.15) is 0 Å². The second-order valence-corrected chi connectivity index (χ2v) is 5.07. The summed E-state index contributed by atoms with van der Waals surface area (Å²) in [6, 6.07) is 8.56. The highest BCUT2D eigenvalue weighted by Crippen LogP contribution is 2.16. The number of carbonyl (C=O) groups excluding carboxylic acids is 1. The standard InChI is InChI=1S/C9H7N3O2S.CH4N2O/c13-15(14,8-4-2-1-3-5-8)9-6-7-10-12-11-9;2-1(3)4/h1-7H;(H4,2,3,4). The smallest absolute Gasteiger partial charge is 0.309 e. The molecule has 19 heavy (non-hydrogen) atoms. The lowest BCUT2D eigenvalue weighted by molar-refractivity contribution is 0.256. The summed E-state index contributed by atoms with van der Waals surface area (Å²) in [7, 11) is -3.55. The first-order valence-corrected chi connectivity index (χ1v) is 6.42. The van der Waals surface area contributed by atoms with E-state index in [1.54, 1.807) is 18.2 Å². The summed E-state index contributed by atoms with van der Waals surface area (Å²) in [5.41, 5.74) is 8.50. The van der Waals surface area contributed by atoms with Gasteiger partial charge in [0.05, 0.1) is 11.1 Å². The third kappa shape index (κ3) is 4.32. The van der Waals surface area contributed by atoms with Gasteiger partial charge in [0, 0.05) is 0 Å². The minimum atomic E-state index is -3.55. The molecule has 0 aliphatic rings. The number of hydrogen-bond donors (Lipinski definition) is 2. The molecule has 0 bridgehead atoms. The van der Waals surface area contributed by atoms with Crippen molar-refractivity contribution in [2.75, 3.05) is 0 Å². The molecule has 0 spiro atoms. The van der Waals surface area contributed by atoms with Gasteiger partial charge < -0.3 is 11.5 Å². The number of rotatable bonds is 2. The normalized spacial score (nSPS) is 10.1. The maximum atomic E-state index is 11.9. The van der Waals surface area contributed by atoms with Crippen LogP contribution < -0.4 is 11.5 Å². The largest absolute Gasteiger partial charge is 0.352 e. The van der Waals surface area contributed by atoms with E-state index in [1.165, 1.54) is 24.4 Å². The van der Waals surface area contributed by atoms with Crippen LogP contribution in [0.3, 0.4) is 0 Å². The predicted octanol–water partition coefficient (Wildman–Crippen LogP) is -0.272. The van der Waals surface area contributed by atoms with Gasteiger partial charge in [-0.05, 0) is 23.4 Å². The maximum Gasteiger partial charge on any atom is 0.309 e. The van der Waals surface area contributed by atoms with Crippen molar-refractivity contribution in [2.24, 2.45) is 11.5 Å². The van der Waals surface area contributed by atoms with Crippen LogP contribution in [-0.2, 0) is 9.84 Å². The Hall–Kier alpha value is -2.55. The summed E-state index contributed by atoms with van der Waals surface area (Å²) in [6.07, 6.45) is 1.29. The minimum Gasteiger partial charge on any atom is -0.352 e. The first-order chi connectivity index (χ1) is 8.94. The third-order valence-electron chi connectivity index (χ3n) is 1.81. The van der Waals surface area contributed by atoms with Crippen LogP contribution >= 0.6 is 0 Å². The van der Waals surface area contributed by atoms with Crippen LogP contribution in [-0.4, -0.2) is 29.9 Å². The highest BCUT2D eigenvalue weighted by Gasteiger charge is 2.18. The monoisotopic (exact) mass is 281 g/mol. The van der Waals surface area contributed by atoms with Gasteiger partial charge in [-0.25, -0.2) is 13.2 Å². The van der Waals surface area contributed by atoms with Crippen molar-refractivity contribution in [2.45, 2.75) is 9.92 Å². The number of urea groups is 1. The molecule has 1 aromatic heterocycles. The first-order valence-electron chi connectivity index (χ1n) is 4.94. The Morgan fingerprint density at radius 2 is 1.63 bits per heavy atom. The second-order valence-electron chi connectivity index (χ2n) is 3.18. The predicted molar refractivity (Wildman–Crippen MR) is 65.5 cm³/mol. The number of nitrogens with zero attached hydrogens (tertiary/aromatic N) is 3.